The van der Waals surface area contributed by atoms with Crippen LogP contribution in [0.25, 0.3) is 11.2 Å². The molecule has 1 aromatic carbocycles. The van der Waals surface area contributed by atoms with Gasteiger partial charge in [0.25, 0.3) is 5.56 Å². The van der Waals surface area contributed by atoms with Crippen molar-refractivity contribution in [3.8, 4) is 17.9 Å². The van der Waals surface area contributed by atoms with Crippen LogP contribution in [0.5, 0.6) is 0 Å². The van der Waals surface area contributed by atoms with Crippen molar-refractivity contribution in [2.75, 3.05) is 18.0 Å². The van der Waals surface area contributed by atoms with E-state index in [0.717, 1.165) is 30.0 Å². The number of benzene rings is 1. The Hall–Kier alpha value is -3.89. The van der Waals surface area contributed by atoms with Gasteiger partial charge in [-0.1, -0.05) is 12.0 Å². The fraction of sp³-hybridized carbons (Fsp3) is 0.391. The van der Waals surface area contributed by atoms with Crippen molar-refractivity contribution in [2.45, 2.75) is 38.9 Å². The number of aromatic nitrogens is 4. The third-order valence-electron chi connectivity index (χ3n) is 5.88. The van der Waals surface area contributed by atoms with Crippen LogP contribution in [0, 0.1) is 29.0 Å². The fourth-order valence-electron chi connectivity index (χ4n) is 4.16. The summed E-state index contributed by atoms with van der Waals surface area (Å²) < 4.78 is 18.5. The van der Waals surface area contributed by atoms with E-state index in [1.807, 2.05) is 11.0 Å². The third-order valence-corrected chi connectivity index (χ3v) is 5.88. The van der Waals surface area contributed by atoms with Crippen molar-refractivity contribution in [2.24, 2.45) is 12.8 Å². The van der Waals surface area contributed by atoms with Crippen LogP contribution >= 0.6 is 0 Å². The van der Waals surface area contributed by atoms with Gasteiger partial charge in [-0.3, -0.25) is 18.5 Å². The first-order chi connectivity index (χ1) is 15.8. The summed E-state index contributed by atoms with van der Waals surface area (Å²) >= 11 is 0. The van der Waals surface area contributed by atoms with Crippen LogP contribution in [0.3, 0.4) is 0 Å². The summed E-state index contributed by atoms with van der Waals surface area (Å²) in [6, 6.07) is 5.80. The van der Waals surface area contributed by atoms with Crippen LogP contribution in [0.15, 0.2) is 27.8 Å². The normalized spacial score (nSPS) is 15.8. The number of nitrogens with two attached hydrogens (primary N) is 1. The minimum absolute atomic E-state index is 0.0101. The Labute approximate surface area is 189 Å². The molecule has 3 aromatic rings. The smallest absolute Gasteiger partial charge is 0.332 e. The lowest BCUT2D eigenvalue weighted by atomic mass is 10.1. The van der Waals surface area contributed by atoms with Gasteiger partial charge in [-0.15, -0.1) is 5.92 Å². The first-order valence-electron chi connectivity index (χ1n) is 10.6. The predicted molar refractivity (Wildman–Crippen MR) is 122 cm³/mol. The number of fused-ring (bicyclic) bond motifs is 1. The summed E-state index contributed by atoms with van der Waals surface area (Å²) in [6.45, 7) is 2.97. The Morgan fingerprint density at radius 1 is 1.30 bits per heavy atom. The maximum absolute atomic E-state index is 14.5. The van der Waals surface area contributed by atoms with Gasteiger partial charge in [-0.2, -0.15) is 10.2 Å². The van der Waals surface area contributed by atoms with Crippen LogP contribution in [0.2, 0.25) is 0 Å². The van der Waals surface area contributed by atoms with Crippen LogP contribution in [0.1, 0.15) is 30.9 Å². The molecule has 1 aliphatic heterocycles. The average Bonchev–Trinajstić information content (AvgIpc) is 3.19. The van der Waals surface area contributed by atoms with Crippen LogP contribution < -0.4 is 21.9 Å². The van der Waals surface area contributed by atoms with Crippen LogP contribution in [0.4, 0.5) is 10.3 Å². The molecule has 0 radical (unpaired) electrons. The number of hydrogen-bond acceptors (Lipinski definition) is 6. The topological polar surface area (TPSA) is 115 Å². The third kappa shape index (κ3) is 4.01. The number of aryl methyl sites for hydroxylation is 1. The summed E-state index contributed by atoms with van der Waals surface area (Å²) in [6.07, 6.45) is 1.80. The number of rotatable bonds is 4. The summed E-state index contributed by atoms with van der Waals surface area (Å²) in [7, 11) is 1.53. The molecule has 0 spiro atoms. The standard InChI is InChI=1S/C23H24FN7O2/c1-3-4-10-30-19-20(27-22(30)29-9-5-6-17(26)14-29)28(2)23(33)31(21(19)32)13-16-8-7-15(12-25)11-18(16)24/h7-8,11,17H,5-6,9-10,13-14,26H2,1-2H3. The highest BCUT2D eigenvalue weighted by Crippen LogP contribution is 2.23. The molecule has 1 fully saturated rings. The number of nitrogens with zero attached hydrogens (tertiary/aromatic N) is 6. The molecule has 0 amide bonds. The van der Waals surface area contributed by atoms with E-state index in [4.69, 9.17) is 11.0 Å². The summed E-state index contributed by atoms with van der Waals surface area (Å²) in [5, 5.41) is 8.96. The Morgan fingerprint density at radius 3 is 2.76 bits per heavy atom. The Bertz CT molecular complexity index is 1450. The fourth-order valence-corrected chi connectivity index (χ4v) is 4.16. The highest BCUT2D eigenvalue weighted by molar-refractivity contribution is 5.75. The van der Waals surface area contributed by atoms with Gasteiger partial charge in [-0.05, 0) is 31.9 Å². The number of nitriles is 1. The van der Waals surface area contributed by atoms with Crippen molar-refractivity contribution in [1.82, 2.24) is 18.7 Å². The molecule has 0 saturated carbocycles. The zero-order valence-corrected chi connectivity index (χ0v) is 18.5. The number of anilines is 1. The SMILES string of the molecule is CC#CCn1c(N2CCCC(N)C2)nc2c1c(=O)n(Cc1ccc(C#N)cc1F)c(=O)n2C. The van der Waals surface area contributed by atoms with Gasteiger partial charge in [0.15, 0.2) is 11.2 Å². The lowest BCUT2D eigenvalue weighted by molar-refractivity contribution is 0.496. The molecule has 2 N–H and O–H groups in total. The zero-order chi connectivity index (χ0) is 23.7. The molecule has 2 aromatic heterocycles. The van der Waals surface area contributed by atoms with Gasteiger partial charge < -0.3 is 10.6 Å². The molecule has 0 bridgehead atoms. The van der Waals surface area contributed by atoms with E-state index in [-0.39, 0.29) is 41.4 Å². The van der Waals surface area contributed by atoms with E-state index < -0.39 is 17.1 Å². The second-order valence-corrected chi connectivity index (χ2v) is 8.10. The first kappa shape index (κ1) is 22.3. The van der Waals surface area contributed by atoms with E-state index >= 15 is 0 Å². The second-order valence-electron chi connectivity index (χ2n) is 8.10. The number of halogens is 1. The van der Waals surface area contributed by atoms with E-state index in [1.165, 1.54) is 23.7 Å². The van der Waals surface area contributed by atoms with E-state index in [1.54, 1.807) is 11.5 Å². The number of imidazole rings is 1. The molecule has 170 valence electrons. The molecule has 3 heterocycles. The average molecular weight is 449 g/mol. The van der Waals surface area contributed by atoms with Crippen molar-refractivity contribution in [3.63, 3.8) is 0 Å². The lowest BCUT2D eigenvalue weighted by Crippen LogP contribution is -2.44. The molecule has 9 nitrogen and oxygen atoms in total. The van der Waals surface area contributed by atoms with E-state index in [0.29, 0.717) is 12.5 Å². The van der Waals surface area contributed by atoms with E-state index in [2.05, 4.69) is 16.8 Å². The van der Waals surface area contributed by atoms with Gasteiger partial charge in [-0.25, -0.2) is 9.18 Å². The Morgan fingerprint density at radius 2 is 2.09 bits per heavy atom. The quantitative estimate of drug-likeness (QED) is 0.592. The van der Waals surface area contributed by atoms with Gasteiger partial charge in [0, 0.05) is 31.7 Å². The maximum atomic E-state index is 14.5. The Kier molecular flexibility index (Phi) is 6.03. The van der Waals surface area contributed by atoms with Crippen molar-refractivity contribution < 1.29 is 4.39 Å². The van der Waals surface area contributed by atoms with Gasteiger partial charge >= 0.3 is 5.69 Å². The monoisotopic (exact) mass is 449 g/mol. The molecule has 33 heavy (non-hydrogen) atoms. The molecule has 0 aliphatic carbocycles. The highest BCUT2D eigenvalue weighted by Gasteiger charge is 2.26. The van der Waals surface area contributed by atoms with Crippen molar-refractivity contribution in [1.29, 1.82) is 5.26 Å². The minimum atomic E-state index is -0.656. The summed E-state index contributed by atoms with van der Waals surface area (Å²) in [5.41, 5.74) is 5.73. The molecule has 1 unspecified atom stereocenters. The van der Waals surface area contributed by atoms with Crippen molar-refractivity contribution >= 4 is 17.1 Å². The van der Waals surface area contributed by atoms with Gasteiger partial charge in [0.1, 0.15) is 5.82 Å². The molecule has 4 rings (SSSR count). The first-order valence-corrected chi connectivity index (χ1v) is 10.6. The molecule has 1 saturated heterocycles. The van der Waals surface area contributed by atoms with Crippen LogP contribution in [-0.4, -0.2) is 37.8 Å². The van der Waals surface area contributed by atoms with Gasteiger partial charge in [0.05, 0.1) is 24.7 Å². The zero-order valence-electron chi connectivity index (χ0n) is 18.5. The molecule has 1 atom stereocenters. The second kappa shape index (κ2) is 8.93. The summed E-state index contributed by atoms with van der Waals surface area (Å²) in [4.78, 5) is 33.2. The number of piperidine rings is 1. The van der Waals surface area contributed by atoms with Gasteiger partial charge in [0.2, 0.25) is 5.95 Å². The van der Waals surface area contributed by atoms with Crippen molar-refractivity contribution in [3.05, 3.63) is 56.0 Å². The predicted octanol–water partition coefficient (Wildman–Crippen LogP) is 0.907. The highest BCUT2D eigenvalue weighted by atomic mass is 19.1. The Balaban J connectivity index is 1.91. The number of hydrogen-bond donors (Lipinski definition) is 1. The van der Waals surface area contributed by atoms with Crippen LogP contribution in [-0.2, 0) is 20.1 Å². The molecular formula is C23H24FN7O2. The van der Waals surface area contributed by atoms with E-state index in [9.17, 15) is 14.0 Å². The lowest BCUT2D eigenvalue weighted by Gasteiger charge is -2.31. The summed E-state index contributed by atoms with van der Waals surface area (Å²) in [5.74, 6) is 5.69. The maximum Gasteiger partial charge on any atom is 0.332 e. The minimum Gasteiger partial charge on any atom is -0.341 e. The molecule has 10 heteroatoms. The molecular weight excluding hydrogens is 425 g/mol. The largest absolute Gasteiger partial charge is 0.341 e. The molecule has 1 aliphatic rings.